The summed E-state index contributed by atoms with van der Waals surface area (Å²) in [5.74, 6) is 0.911. The van der Waals surface area contributed by atoms with Gasteiger partial charge in [0.15, 0.2) is 0 Å². The maximum atomic E-state index is 11.1. The number of esters is 1. The third-order valence-electron chi connectivity index (χ3n) is 2.92. The molecule has 0 spiro atoms. The lowest BCUT2D eigenvalue weighted by molar-refractivity contribution is -0.136. The molecular weight excluding hydrogens is 188 g/mol. The molecular formula is C13H22O2. The fourth-order valence-electron chi connectivity index (χ4n) is 1.96. The van der Waals surface area contributed by atoms with Crippen molar-refractivity contribution in [2.75, 3.05) is 0 Å². The van der Waals surface area contributed by atoms with E-state index in [0.29, 0.717) is 6.42 Å². The van der Waals surface area contributed by atoms with Gasteiger partial charge in [-0.2, -0.15) is 0 Å². The minimum Gasteiger partial charge on any atom is -0.431 e. The van der Waals surface area contributed by atoms with Crippen molar-refractivity contribution in [3.05, 3.63) is 11.3 Å². The van der Waals surface area contributed by atoms with E-state index in [0.717, 1.165) is 25.0 Å². The van der Waals surface area contributed by atoms with Gasteiger partial charge in [-0.3, -0.25) is 4.79 Å². The first-order valence-corrected chi connectivity index (χ1v) is 6.19. The molecule has 0 aliphatic carbocycles. The fraction of sp³-hybridized carbons (Fsp3) is 0.769. The summed E-state index contributed by atoms with van der Waals surface area (Å²) in [6.07, 6.45) is 8.75. The Morgan fingerprint density at radius 1 is 1.13 bits per heavy atom. The number of cyclic esters (lactones) is 1. The molecule has 0 unspecified atom stereocenters. The number of ether oxygens (including phenoxy) is 1. The molecule has 0 aromatic rings. The molecule has 0 radical (unpaired) electrons. The largest absolute Gasteiger partial charge is 0.431 e. The van der Waals surface area contributed by atoms with Gasteiger partial charge >= 0.3 is 5.97 Å². The van der Waals surface area contributed by atoms with Gasteiger partial charge in [0.25, 0.3) is 0 Å². The van der Waals surface area contributed by atoms with Gasteiger partial charge in [0.1, 0.15) is 5.76 Å². The molecule has 86 valence electrons. The lowest BCUT2D eigenvalue weighted by Crippen LogP contribution is -1.93. The summed E-state index contributed by atoms with van der Waals surface area (Å²) >= 11 is 0. The van der Waals surface area contributed by atoms with Crippen LogP contribution in [-0.4, -0.2) is 5.97 Å². The van der Waals surface area contributed by atoms with Crippen LogP contribution in [0.1, 0.15) is 65.2 Å². The first kappa shape index (κ1) is 12.3. The van der Waals surface area contributed by atoms with Crippen molar-refractivity contribution in [1.82, 2.24) is 0 Å². The quantitative estimate of drug-likeness (QED) is 0.469. The van der Waals surface area contributed by atoms with Gasteiger partial charge in [0.2, 0.25) is 0 Å². The Bertz CT molecular complexity index is 241. The Hall–Kier alpha value is -0.790. The monoisotopic (exact) mass is 210 g/mol. The molecule has 2 nitrogen and oxygen atoms in total. The highest BCUT2D eigenvalue weighted by Crippen LogP contribution is 2.27. The summed E-state index contributed by atoms with van der Waals surface area (Å²) in [5, 5.41) is 0. The maximum absolute atomic E-state index is 11.1. The van der Waals surface area contributed by atoms with Crippen LogP contribution in [0.2, 0.25) is 0 Å². The van der Waals surface area contributed by atoms with Crippen molar-refractivity contribution in [2.24, 2.45) is 0 Å². The molecule has 0 bridgehead atoms. The molecule has 1 heterocycles. The summed E-state index contributed by atoms with van der Waals surface area (Å²) < 4.78 is 5.21. The molecule has 1 aliphatic heterocycles. The van der Waals surface area contributed by atoms with Crippen LogP contribution >= 0.6 is 0 Å². The highest BCUT2D eigenvalue weighted by molar-refractivity contribution is 5.76. The number of hydrogen-bond acceptors (Lipinski definition) is 2. The fourth-order valence-corrected chi connectivity index (χ4v) is 1.96. The Morgan fingerprint density at radius 2 is 1.87 bits per heavy atom. The van der Waals surface area contributed by atoms with E-state index in [1.165, 1.54) is 31.3 Å². The number of carbonyl (C=O) groups is 1. The van der Waals surface area contributed by atoms with Crippen LogP contribution in [0.25, 0.3) is 0 Å². The van der Waals surface area contributed by atoms with Crippen LogP contribution in [0.5, 0.6) is 0 Å². The van der Waals surface area contributed by atoms with Gasteiger partial charge in [-0.1, -0.05) is 39.5 Å². The van der Waals surface area contributed by atoms with E-state index in [-0.39, 0.29) is 5.97 Å². The zero-order chi connectivity index (χ0) is 11.1. The van der Waals surface area contributed by atoms with Crippen LogP contribution in [0, 0.1) is 0 Å². The molecule has 0 fully saturated rings. The molecule has 1 rings (SSSR count). The number of allylic oxidation sites excluding steroid dienone is 1. The molecule has 2 heteroatoms. The standard InChI is InChI=1S/C13H22O2/c1-3-5-6-7-8-9-12-11(4-2)10-13(14)15-12/h3-10H2,1-2H3. The summed E-state index contributed by atoms with van der Waals surface area (Å²) in [6.45, 7) is 4.31. The van der Waals surface area contributed by atoms with Crippen LogP contribution in [0.15, 0.2) is 11.3 Å². The first-order chi connectivity index (χ1) is 7.27. The van der Waals surface area contributed by atoms with Crippen molar-refractivity contribution < 1.29 is 9.53 Å². The average molecular weight is 210 g/mol. The van der Waals surface area contributed by atoms with Crippen LogP contribution in [0.3, 0.4) is 0 Å². The molecule has 0 amide bonds. The van der Waals surface area contributed by atoms with E-state index in [1.54, 1.807) is 0 Å². The zero-order valence-corrected chi connectivity index (χ0v) is 9.97. The van der Waals surface area contributed by atoms with Crippen LogP contribution in [0.4, 0.5) is 0 Å². The number of unbranched alkanes of at least 4 members (excludes halogenated alkanes) is 4. The number of rotatable bonds is 7. The van der Waals surface area contributed by atoms with Gasteiger partial charge in [-0.15, -0.1) is 0 Å². The third-order valence-corrected chi connectivity index (χ3v) is 2.92. The molecule has 1 aliphatic rings. The molecule has 15 heavy (non-hydrogen) atoms. The van der Waals surface area contributed by atoms with Gasteiger partial charge in [-0.05, 0) is 18.4 Å². The van der Waals surface area contributed by atoms with Crippen molar-refractivity contribution in [3.8, 4) is 0 Å². The van der Waals surface area contributed by atoms with E-state index < -0.39 is 0 Å². The van der Waals surface area contributed by atoms with Gasteiger partial charge in [0, 0.05) is 6.42 Å². The van der Waals surface area contributed by atoms with Crippen molar-refractivity contribution in [1.29, 1.82) is 0 Å². The van der Waals surface area contributed by atoms with E-state index in [1.807, 2.05) is 0 Å². The molecule has 0 atom stereocenters. The predicted molar refractivity (Wildman–Crippen MR) is 61.4 cm³/mol. The SMILES string of the molecule is CCCCCCCC1=C(CC)CC(=O)O1. The molecule has 0 saturated heterocycles. The van der Waals surface area contributed by atoms with E-state index in [2.05, 4.69) is 13.8 Å². The second kappa shape index (κ2) is 6.65. The summed E-state index contributed by atoms with van der Waals surface area (Å²) in [6, 6.07) is 0. The molecule has 0 N–H and O–H groups in total. The lowest BCUT2D eigenvalue weighted by Gasteiger charge is -2.03. The third kappa shape index (κ3) is 4.06. The van der Waals surface area contributed by atoms with Gasteiger partial charge in [-0.25, -0.2) is 0 Å². The van der Waals surface area contributed by atoms with Crippen LogP contribution < -0.4 is 0 Å². The molecule has 0 aromatic carbocycles. The minimum absolute atomic E-state index is 0.0598. The second-order valence-corrected chi connectivity index (χ2v) is 4.20. The van der Waals surface area contributed by atoms with E-state index in [4.69, 9.17) is 4.74 Å². The minimum atomic E-state index is -0.0598. The Morgan fingerprint density at radius 3 is 2.53 bits per heavy atom. The van der Waals surface area contributed by atoms with Crippen molar-refractivity contribution in [3.63, 3.8) is 0 Å². The topological polar surface area (TPSA) is 26.3 Å². The van der Waals surface area contributed by atoms with Gasteiger partial charge in [0.05, 0.1) is 6.42 Å². The summed E-state index contributed by atoms with van der Waals surface area (Å²) in [7, 11) is 0. The highest BCUT2D eigenvalue weighted by atomic mass is 16.5. The van der Waals surface area contributed by atoms with E-state index >= 15 is 0 Å². The highest BCUT2D eigenvalue weighted by Gasteiger charge is 2.21. The molecule has 0 aromatic heterocycles. The summed E-state index contributed by atoms with van der Waals surface area (Å²) in [5.41, 5.74) is 1.22. The maximum Gasteiger partial charge on any atom is 0.315 e. The smallest absolute Gasteiger partial charge is 0.315 e. The molecule has 0 saturated carbocycles. The van der Waals surface area contributed by atoms with Crippen LogP contribution in [-0.2, 0) is 9.53 Å². The summed E-state index contributed by atoms with van der Waals surface area (Å²) in [4.78, 5) is 11.1. The van der Waals surface area contributed by atoms with E-state index in [9.17, 15) is 4.79 Å². The predicted octanol–water partition coefficient (Wildman–Crippen LogP) is 3.96. The number of hydrogen-bond donors (Lipinski definition) is 0. The Kier molecular flexibility index (Phi) is 5.44. The second-order valence-electron chi connectivity index (χ2n) is 4.20. The number of carbonyl (C=O) groups excluding carboxylic acids is 1. The Labute approximate surface area is 92.7 Å². The first-order valence-electron chi connectivity index (χ1n) is 6.19. The Balaban J connectivity index is 2.22. The van der Waals surface area contributed by atoms with Crippen molar-refractivity contribution in [2.45, 2.75) is 65.2 Å². The normalized spacial score (nSPS) is 16.0. The van der Waals surface area contributed by atoms with Gasteiger partial charge < -0.3 is 4.74 Å². The zero-order valence-electron chi connectivity index (χ0n) is 9.97. The van der Waals surface area contributed by atoms with Crippen molar-refractivity contribution >= 4 is 5.97 Å². The lowest BCUT2D eigenvalue weighted by atomic mass is 10.1. The average Bonchev–Trinajstić information content (AvgIpc) is 2.59.